The molecular formula is C20H26Si. The van der Waals surface area contributed by atoms with Gasteiger partial charge in [0.2, 0.25) is 0 Å². The van der Waals surface area contributed by atoms with E-state index in [2.05, 4.69) is 80.5 Å². The van der Waals surface area contributed by atoms with Gasteiger partial charge in [-0.05, 0) is 28.8 Å². The van der Waals surface area contributed by atoms with Crippen molar-refractivity contribution in [2.75, 3.05) is 0 Å². The first-order chi connectivity index (χ1) is 9.99. The lowest BCUT2D eigenvalue weighted by molar-refractivity contribution is 0.676. The zero-order valence-electron chi connectivity index (χ0n) is 13.7. The molecule has 0 fully saturated rings. The molecule has 0 unspecified atom stereocenters. The summed E-state index contributed by atoms with van der Waals surface area (Å²) < 4.78 is 0. The summed E-state index contributed by atoms with van der Waals surface area (Å²) in [4.78, 5) is 0. The maximum atomic E-state index is 3.59. The molecule has 21 heavy (non-hydrogen) atoms. The highest BCUT2D eigenvalue weighted by Crippen LogP contribution is 2.25. The third-order valence-electron chi connectivity index (χ3n) is 3.64. The maximum Gasteiger partial charge on any atom is 0.129 e. The smallest absolute Gasteiger partial charge is 0.129 e. The summed E-state index contributed by atoms with van der Waals surface area (Å²) in [6.45, 7) is 9.20. The van der Waals surface area contributed by atoms with E-state index in [0.29, 0.717) is 5.92 Å². The van der Waals surface area contributed by atoms with Crippen molar-refractivity contribution in [3.05, 3.63) is 48.0 Å². The zero-order chi connectivity index (χ0) is 15.3. The van der Waals surface area contributed by atoms with Crippen molar-refractivity contribution in [3.8, 4) is 11.5 Å². The third kappa shape index (κ3) is 4.76. The first-order valence-corrected chi connectivity index (χ1v) is 11.5. The highest BCUT2D eigenvalue weighted by Gasteiger charge is 2.12. The van der Waals surface area contributed by atoms with Gasteiger partial charge in [0.1, 0.15) is 8.07 Å². The van der Waals surface area contributed by atoms with Crippen LogP contribution in [-0.2, 0) is 0 Å². The van der Waals surface area contributed by atoms with E-state index in [1.54, 1.807) is 0 Å². The minimum atomic E-state index is -1.31. The topological polar surface area (TPSA) is 0 Å². The van der Waals surface area contributed by atoms with Gasteiger partial charge in [0.25, 0.3) is 0 Å². The average molecular weight is 295 g/mol. The van der Waals surface area contributed by atoms with E-state index in [1.807, 2.05) is 0 Å². The minimum absolute atomic E-state index is 0.390. The molecule has 2 aromatic carbocycles. The molecule has 2 rings (SSSR count). The van der Waals surface area contributed by atoms with Crippen LogP contribution in [0.1, 0.15) is 37.7 Å². The highest BCUT2D eigenvalue weighted by molar-refractivity contribution is 6.83. The van der Waals surface area contributed by atoms with Gasteiger partial charge in [-0.2, -0.15) is 0 Å². The Morgan fingerprint density at radius 2 is 1.71 bits per heavy atom. The number of fused-ring (bicyclic) bond motifs is 1. The Morgan fingerprint density at radius 1 is 1.00 bits per heavy atom. The van der Waals surface area contributed by atoms with Crippen LogP contribution in [0.15, 0.2) is 42.5 Å². The summed E-state index contributed by atoms with van der Waals surface area (Å²) in [6.07, 6.45) is 3.66. The molecule has 0 aliphatic carbocycles. The fraction of sp³-hybridized carbons (Fsp3) is 0.400. The molecule has 2 aromatic rings. The molecule has 1 heteroatoms. The first-order valence-electron chi connectivity index (χ1n) is 8.01. The second kappa shape index (κ2) is 6.96. The van der Waals surface area contributed by atoms with Crippen molar-refractivity contribution >= 4 is 18.8 Å². The molecule has 0 saturated heterocycles. The second-order valence-electron chi connectivity index (χ2n) is 6.82. The van der Waals surface area contributed by atoms with E-state index in [1.165, 1.54) is 35.6 Å². The predicted molar refractivity (Wildman–Crippen MR) is 97.3 cm³/mol. The van der Waals surface area contributed by atoms with Crippen molar-refractivity contribution < 1.29 is 0 Å². The summed E-state index contributed by atoms with van der Waals surface area (Å²) in [5.74, 6) is 3.98. The van der Waals surface area contributed by atoms with Crippen molar-refractivity contribution in [2.24, 2.45) is 0 Å². The molecule has 0 radical (unpaired) electrons. The molecule has 1 atom stereocenters. The van der Waals surface area contributed by atoms with Crippen LogP contribution in [-0.4, -0.2) is 8.07 Å². The van der Waals surface area contributed by atoms with E-state index in [-0.39, 0.29) is 0 Å². The number of hydrogen-bond donors (Lipinski definition) is 0. The summed E-state index contributed by atoms with van der Waals surface area (Å²) in [5.41, 5.74) is 4.95. The van der Waals surface area contributed by atoms with Crippen LogP contribution in [0.3, 0.4) is 0 Å². The molecule has 0 N–H and O–H groups in total. The molecule has 0 bridgehead atoms. The molecule has 0 spiro atoms. The van der Waals surface area contributed by atoms with Crippen LogP contribution in [0.25, 0.3) is 10.8 Å². The number of rotatable bonds is 4. The molecule has 110 valence electrons. The fourth-order valence-electron chi connectivity index (χ4n) is 2.46. The second-order valence-corrected chi connectivity index (χ2v) is 11.6. The zero-order valence-corrected chi connectivity index (χ0v) is 14.7. The Bertz CT molecular complexity index is 653. The van der Waals surface area contributed by atoms with E-state index in [4.69, 9.17) is 0 Å². The van der Waals surface area contributed by atoms with Gasteiger partial charge in [0.05, 0.1) is 0 Å². The Kier molecular flexibility index (Phi) is 5.26. The standard InChI is InChI=1S/C20H26Si/c1-5-6-9-18(14-15-21(2,3)4)20-13-12-17-10-7-8-11-19(17)16-20/h7-8,10-13,16,18H,5-6,9H2,1-4H3/t18-/m0/s1. The molecule has 0 amide bonds. The molecule has 0 aliphatic heterocycles. The number of hydrogen-bond acceptors (Lipinski definition) is 0. The highest BCUT2D eigenvalue weighted by atomic mass is 28.3. The Labute approximate surface area is 130 Å². The van der Waals surface area contributed by atoms with Gasteiger partial charge in [-0.1, -0.05) is 75.8 Å². The molecular weight excluding hydrogens is 268 g/mol. The molecule has 0 heterocycles. The molecule has 0 saturated carbocycles. The largest absolute Gasteiger partial charge is 0.131 e. The van der Waals surface area contributed by atoms with Gasteiger partial charge < -0.3 is 0 Å². The lowest BCUT2D eigenvalue weighted by atomic mass is 9.92. The van der Waals surface area contributed by atoms with E-state index < -0.39 is 8.07 Å². The quantitative estimate of drug-likeness (QED) is 0.479. The summed E-state index contributed by atoms with van der Waals surface area (Å²) in [7, 11) is -1.31. The van der Waals surface area contributed by atoms with Crippen LogP contribution in [0.2, 0.25) is 19.6 Å². The number of unbranched alkanes of at least 4 members (excludes halogenated alkanes) is 1. The van der Waals surface area contributed by atoms with Gasteiger partial charge in [0.15, 0.2) is 0 Å². The van der Waals surface area contributed by atoms with Gasteiger partial charge in [0, 0.05) is 5.92 Å². The van der Waals surface area contributed by atoms with Gasteiger partial charge in [-0.15, -0.1) is 11.5 Å². The van der Waals surface area contributed by atoms with Crippen LogP contribution >= 0.6 is 0 Å². The fourth-order valence-corrected chi connectivity index (χ4v) is 3.07. The van der Waals surface area contributed by atoms with Crippen LogP contribution in [0.4, 0.5) is 0 Å². The Morgan fingerprint density at radius 3 is 2.38 bits per heavy atom. The van der Waals surface area contributed by atoms with E-state index in [9.17, 15) is 0 Å². The lowest BCUT2D eigenvalue weighted by Gasteiger charge is -2.13. The molecule has 0 nitrogen and oxygen atoms in total. The van der Waals surface area contributed by atoms with Crippen molar-refractivity contribution in [2.45, 2.75) is 51.7 Å². The van der Waals surface area contributed by atoms with E-state index >= 15 is 0 Å². The molecule has 0 aliphatic rings. The monoisotopic (exact) mass is 294 g/mol. The Balaban J connectivity index is 2.34. The van der Waals surface area contributed by atoms with Crippen LogP contribution < -0.4 is 0 Å². The average Bonchev–Trinajstić information content (AvgIpc) is 2.46. The van der Waals surface area contributed by atoms with Gasteiger partial charge >= 0.3 is 0 Å². The van der Waals surface area contributed by atoms with Gasteiger partial charge in [-0.25, -0.2) is 0 Å². The maximum absolute atomic E-state index is 3.59. The summed E-state index contributed by atoms with van der Waals surface area (Å²) in [5, 5.41) is 2.64. The summed E-state index contributed by atoms with van der Waals surface area (Å²) >= 11 is 0. The van der Waals surface area contributed by atoms with Crippen molar-refractivity contribution in [3.63, 3.8) is 0 Å². The van der Waals surface area contributed by atoms with Gasteiger partial charge in [-0.3, -0.25) is 0 Å². The van der Waals surface area contributed by atoms with Crippen LogP contribution in [0.5, 0.6) is 0 Å². The lowest BCUT2D eigenvalue weighted by Crippen LogP contribution is -2.17. The SMILES string of the molecule is CCCC[C@@H](C#C[Si](C)(C)C)c1ccc2ccccc2c1. The predicted octanol–water partition coefficient (Wildman–Crippen LogP) is 5.99. The van der Waals surface area contributed by atoms with Crippen LogP contribution in [0, 0.1) is 11.5 Å². The number of benzene rings is 2. The third-order valence-corrected chi connectivity index (χ3v) is 4.54. The van der Waals surface area contributed by atoms with Crippen molar-refractivity contribution in [1.29, 1.82) is 0 Å². The van der Waals surface area contributed by atoms with Crippen molar-refractivity contribution in [1.82, 2.24) is 0 Å². The minimum Gasteiger partial charge on any atom is -0.131 e. The molecule has 0 aromatic heterocycles. The Hall–Kier alpha value is -1.52. The summed E-state index contributed by atoms with van der Waals surface area (Å²) in [6, 6.07) is 15.4. The first kappa shape index (κ1) is 15.9. The normalized spacial score (nSPS) is 12.8. The van der Waals surface area contributed by atoms with E-state index in [0.717, 1.165) is 0 Å².